The van der Waals surface area contributed by atoms with Crippen molar-refractivity contribution in [3.63, 3.8) is 0 Å². The number of rotatable bonds is 4. The minimum Gasteiger partial charge on any atom is -0.508 e. The van der Waals surface area contributed by atoms with Gasteiger partial charge in [-0.1, -0.05) is 24.3 Å². The van der Waals surface area contributed by atoms with E-state index in [0.29, 0.717) is 17.2 Å². The third-order valence-electron chi connectivity index (χ3n) is 7.24. The number of ether oxygens (including phenoxy) is 2. The van der Waals surface area contributed by atoms with Crippen LogP contribution in [-0.4, -0.2) is 30.5 Å². The van der Waals surface area contributed by atoms with Gasteiger partial charge in [-0.3, -0.25) is 0 Å². The molecule has 2 saturated carbocycles. The van der Waals surface area contributed by atoms with Crippen LogP contribution in [0.1, 0.15) is 49.7 Å². The van der Waals surface area contributed by atoms with Gasteiger partial charge in [-0.15, -0.1) is 0 Å². The highest BCUT2D eigenvalue weighted by Crippen LogP contribution is 2.53. The molecule has 0 atom stereocenters. The highest BCUT2D eigenvalue weighted by atomic mass is 16.5. The molecule has 5 rings (SSSR count). The fourth-order valence-electron chi connectivity index (χ4n) is 5.16. The van der Waals surface area contributed by atoms with Crippen LogP contribution in [0.2, 0.25) is 0 Å². The van der Waals surface area contributed by atoms with E-state index in [0.717, 1.165) is 44.6 Å². The minimum atomic E-state index is -0.00804. The Morgan fingerprint density at radius 3 is 1.93 bits per heavy atom. The summed E-state index contributed by atoms with van der Waals surface area (Å²) in [6.07, 6.45) is 6.75. The molecule has 0 amide bonds. The van der Waals surface area contributed by atoms with Crippen LogP contribution in [0.15, 0.2) is 48.5 Å². The van der Waals surface area contributed by atoms with Gasteiger partial charge in [-0.2, -0.15) is 0 Å². The Morgan fingerprint density at radius 1 is 0.857 bits per heavy atom. The summed E-state index contributed by atoms with van der Waals surface area (Å²) >= 11 is 0. The summed E-state index contributed by atoms with van der Waals surface area (Å²) in [4.78, 5) is 0. The molecule has 3 aliphatic rings. The van der Waals surface area contributed by atoms with Crippen molar-refractivity contribution in [3.05, 3.63) is 59.7 Å². The standard InChI is InChI=1S/C24H29NO3/c25-19-13-22(14-19)28-21-7-3-18(4-8-21)24(17-1-5-20(26)6-2-17)11-9-23(10-12-24)15-27-16-23/h1-8,19,22,26H,9-16,25H2. The first-order chi connectivity index (χ1) is 13.6. The fraction of sp³-hybridized carbons (Fsp3) is 0.500. The third kappa shape index (κ3) is 3.09. The Kier molecular flexibility index (Phi) is 4.37. The average Bonchev–Trinajstić information content (AvgIpc) is 2.67. The summed E-state index contributed by atoms with van der Waals surface area (Å²) in [5.41, 5.74) is 8.88. The van der Waals surface area contributed by atoms with Crippen LogP contribution in [-0.2, 0) is 10.2 Å². The molecule has 1 spiro atoms. The normalized spacial score (nSPS) is 27.6. The van der Waals surface area contributed by atoms with Gasteiger partial charge in [0, 0.05) is 16.9 Å². The van der Waals surface area contributed by atoms with Crippen LogP contribution in [0, 0.1) is 5.41 Å². The lowest BCUT2D eigenvalue weighted by Gasteiger charge is -2.51. The largest absolute Gasteiger partial charge is 0.508 e. The zero-order valence-electron chi connectivity index (χ0n) is 16.3. The maximum absolute atomic E-state index is 9.77. The molecule has 2 aromatic carbocycles. The molecule has 3 N–H and O–H groups in total. The van der Waals surface area contributed by atoms with Crippen LogP contribution in [0.25, 0.3) is 0 Å². The predicted molar refractivity (Wildman–Crippen MR) is 109 cm³/mol. The van der Waals surface area contributed by atoms with Gasteiger partial charge in [0.25, 0.3) is 0 Å². The quantitative estimate of drug-likeness (QED) is 0.838. The topological polar surface area (TPSA) is 64.7 Å². The molecule has 0 bridgehead atoms. The first-order valence-electron chi connectivity index (χ1n) is 10.5. The summed E-state index contributed by atoms with van der Waals surface area (Å²) in [5, 5.41) is 9.77. The molecular formula is C24H29NO3. The van der Waals surface area contributed by atoms with E-state index in [9.17, 15) is 5.11 Å². The number of hydrogen-bond donors (Lipinski definition) is 2. The van der Waals surface area contributed by atoms with E-state index in [1.807, 2.05) is 12.1 Å². The first-order valence-corrected chi connectivity index (χ1v) is 10.5. The third-order valence-corrected chi connectivity index (χ3v) is 7.24. The summed E-state index contributed by atoms with van der Waals surface area (Å²) in [5.74, 6) is 1.25. The molecular weight excluding hydrogens is 350 g/mol. The van der Waals surface area contributed by atoms with Crippen LogP contribution in [0.3, 0.4) is 0 Å². The molecule has 28 heavy (non-hydrogen) atoms. The van der Waals surface area contributed by atoms with Crippen molar-refractivity contribution in [2.75, 3.05) is 13.2 Å². The Hall–Kier alpha value is -2.04. The molecule has 2 aromatic rings. The maximum Gasteiger partial charge on any atom is 0.119 e. The first kappa shape index (κ1) is 18.0. The fourth-order valence-corrected chi connectivity index (χ4v) is 5.16. The van der Waals surface area contributed by atoms with E-state index < -0.39 is 0 Å². The van der Waals surface area contributed by atoms with Crippen molar-refractivity contribution in [1.29, 1.82) is 0 Å². The molecule has 2 aliphatic carbocycles. The van der Waals surface area contributed by atoms with Gasteiger partial charge in [0.1, 0.15) is 17.6 Å². The zero-order chi connectivity index (χ0) is 19.2. The molecule has 148 valence electrons. The van der Waals surface area contributed by atoms with E-state index >= 15 is 0 Å². The van der Waals surface area contributed by atoms with Crippen molar-refractivity contribution < 1.29 is 14.6 Å². The number of hydrogen-bond acceptors (Lipinski definition) is 4. The number of phenols is 1. The van der Waals surface area contributed by atoms with E-state index in [2.05, 4.69) is 36.4 Å². The summed E-state index contributed by atoms with van der Waals surface area (Å²) in [6, 6.07) is 16.8. The number of benzene rings is 2. The lowest BCUT2D eigenvalue weighted by atomic mass is 9.58. The molecule has 1 heterocycles. The molecule has 4 nitrogen and oxygen atoms in total. The molecule has 0 unspecified atom stereocenters. The van der Waals surface area contributed by atoms with E-state index in [1.54, 1.807) is 0 Å². The summed E-state index contributed by atoms with van der Waals surface area (Å²) < 4.78 is 11.6. The highest BCUT2D eigenvalue weighted by molar-refractivity contribution is 5.44. The van der Waals surface area contributed by atoms with Crippen molar-refractivity contribution in [2.45, 2.75) is 56.1 Å². The highest BCUT2D eigenvalue weighted by Gasteiger charge is 2.48. The monoisotopic (exact) mass is 379 g/mol. The van der Waals surface area contributed by atoms with Crippen LogP contribution in [0.4, 0.5) is 0 Å². The van der Waals surface area contributed by atoms with Crippen LogP contribution in [0.5, 0.6) is 11.5 Å². The Labute approximate surface area is 166 Å². The van der Waals surface area contributed by atoms with Gasteiger partial charge in [0.2, 0.25) is 0 Å². The molecule has 1 saturated heterocycles. The molecule has 3 fully saturated rings. The summed E-state index contributed by atoms with van der Waals surface area (Å²) in [6.45, 7) is 1.82. The summed E-state index contributed by atoms with van der Waals surface area (Å²) in [7, 11) is 0. The second kappa shape index (κ2) is 6.78. The van der Waals surface area contributed by atoms with Gasteiger partial charge in [-0.25, -0.2) is 0 Å². The van der Waals surface area contributed by atoms with Crippen LogP contribution < -0.4 is 10.5 Å². The number of aromatic hydroxyl groups is 1. The van der Waals surface area contributed by atoms with Crippen LogP contribution >= 0.6 is 0 Å². The van der Waals surface area contributed by atoms with Crippen molar-refractivity contribution in [1.82, 2.24) is 0 Å². The van der Waals surface area contributed by atoms with E-state index in [-0.39, 0.29) is 11.5 Å². The Balaban J connectivity index is 1.42. The number of nitrogens with two attached hydrogens (primary N) is 1. The van der Waals surface area contributed by atoms with Gasteiger partial charge < -0.3 is 20.3 Å². The Morgan fingerprint density at radius 2 is 1.43 bits per heavy atom. The minimum absolute atomic E-state index is 0.00804. The lowest BCUT2D eigenvalue weighted by Crippen LogP contribution is -2.48. The van der Waals surface area contributed by atoms with E-state index in [4.69, 9.17) is 15.2 Å². The second-order valence-electron chi connectivity index (χ2n) is 9.12. The Bertz CT molecular complexity index is 810. The molecule has 1 aliphatic heterocycles. The van der Waals surface area contributed by atoms with Gasteiger partial charge >= 0.3 is 0 Å². The molecule has 4 heteroatoms. The lowest BCUT2D eigenvalue weighted by molar-refractivity contribution is -0.136. The molecule has 0 radical (unpaired) electrons. The average molecular weight is 380 g/mol. The predicted octanol–water partition coefficient (Wildman–Crippen LogP) is 4.14. The molecule has 0 aromatic heterocycles. The van der Waals surface area contributed by atoms with Gasteiger partial charge in [-0.05, 0) is 73.9 Å². The van der Waals surface area contributed by atoms with Gasteiger partial charge in [0.05, 0.1) is 13.2 Å². The van der Waals surface area contributed by atoms with Crippen molar-refractivity contribution in [2.24, 2.45) is 11.1 Å². The van der Waals surface area contributed by atoms with Crippen molar-refractivity contribution in [3.8, 4) is 11.5 Å². The van der Waals surface area contributed by atoms with E-state index in [1.165, 1.54) is 24.0 Å². The van der Waals surface area contributed by atoms with Crippen molar-refractivity contribution >= 4 is 0 Å². The second-order valence-corrected chi connectivity index (χ2v) is 9.12. The SMILES string of the molecule is NC1CC(Oc2ccc(C3(c4ccc(O)cc4)CCC4(CC3)COC4)cc2)C1. The number of phenolic OH excluding ortho intramolecular Hbond substituents is 1. The zero-order valence-corrected chi connectivity index (χ0v) is 16.3. The maximum atomic E-state index is 9.77. The van der Waals surface area contributed by atoms with Gasteiger partial charge in [0.15, 0.2) is 0 Å². The smallest absolute Gasteiger partial charge is 0.119 e.